The Bertz CT molecular complexity index is 1270. The van der Waals surface area contributed by atoms with Gasteiger partial charge in [-0.2, -0.15) is 0 Å². The molecule has 168 valence electrons. The maximum atomic E-state index is 13.7. The number of carboxylic acid groups (broad SMARTS) is 1. The molecule has 3 aromatic carbocycles. The third kappa shape index (κ3) is 3.68. The molecule has 3 aromatic rings. The smallest absolute Gasteiger partial charge is 0.313 e. The molecule has 6 nitrogen and oxygen atoms in total. The molecule has 9 heteroatoms. The zero-order valence-electron chi connectivity index (χ0n) is 16.9. The second kappa shape index (κ2) is 8.45. The summed E-state index contributed by atoms with van der Waals surface area (Å²) in [5, 5.41) is 10.7. The van der Waals surface area contributed by atoms with E-state index in [1.165, 1.54) is 17.0 Å². The lowest BCUT2D eigenvalue weighted by molar-refractivity contribution is -0.139. The summed E-state index contributed by atoms with van der Waals surface area (Å²) in [6.07, 6.45) is 0. The van der Waals surface area contributed by atoms with Crippen LogP contribution in [0.2, 0.25) is 15.1 Å². The van der Waals surface area contributed by atoms with Crippen molar-refractivity contribution in [1.29, 1.82) is 0 Å². The van der Waals surface area contributed by atoms with Gasteiger partial charge in [-0.3, -0.25) is 14.5 Å². The van der Waals surface area contributed by atoms with Gasteiger partial charge in [0.1, 0.15) is 19.1 Å². The van der Waals surface area contributed by atoms with Gasteiger partial charge in [0.05, 0.1) is 21.1 Å². The summed E-state index contributed by atoms with van der Waals surface area (Å²) < 4.78 is 11.3. The number of anilines is 1. The maximum Gasteiger partial charge on any atom is 0.313 e. The van der Waals surface area contributed by atoms with E-state index >= 15 is 0 Å². The molecule has 2 atom stereocenters. The highest BCUT2D eigenvalue weighted by Crippen LogP contribution is 2.48. The van der Waals surface area contributed by atoms with Crippen LogP contribution in [0, 0.1) is 0 Å². The SMILES string of the molecule is O=C(O)[C@@H]1c2ccccc2C(=O)N(c2cc(Cl)c(Cl)c(Cl)c2)[C@H]1c1ccc2c(c1)OCCO2. The third-order valence-electron chi connectivity index (χ3n) is 5.76. The standard InChI is InChI=1S/C24H16Cl3NO5/c25-16-10-13(11-17(26)21(16)27)28-22(12-5-6-18-19(9-12)33-8-7-32-18)20(24(30)31)14-3-1-2-4-15(14)23(28)29/h1-6,9-11,20,22H,7-8H2,(H,30,31)/t20-,22+/m1/s1. The monoisotopic (exact) mass is 503 g/mol. The van der Waals surface area contributed by atoms with Crippen molar-refractivity contribution in [3.63, 3.8) is 0 Å². The van der Waals surface area contributed by atoms with Crippen LogP contribution in [0.25, 0.3) is 0 Å². The Morgan fingerprint density at radius 1 is 0.939 bits per heavy atom. The first-order valence-corrected chi connectivity index (χ1v) is 11.2. The van der Waals surface area contributed by atoms with Crippen LogP contribution >= 0.6 is 34.8 Å². The minimum atomic E-state index is -1.08. The molecule has 1 amide bonds. The lowest BCUT2D eigenvalue weighted by Crippen LogP contribution is -2.45. The summed E-state index contributed by atoms with van der Waals surface area (Å²) in [7, 11) is 0. The van der Waals surface area contributed by atoms with Gasteiger partial charge in [-0.1, -0.05) is 59.1 Å². The molecule has 0 aliphatic carbocycles. The maximum absolute atomic E-state index is 13.7. The first-order chi connectivity index (χ1) is 15.9. The number of ether oxygens (including phenoxy) is 2. The Balaban J connectivity index is 1.76. The van der Waals surface area contributed by atoms with Gasteiger partial charge in [-0.05, 0) is 41.5 Å². The molecule has 33 heavy (non-hydrogen) atoms. The van der Waals surface area contributed by atoms with Crippen molar-refractivity contribution in [2.75, 3.05) is 18.1 Å². The van der Waals surface area contributed by atoms with E-state index in [0.29, 0.717) is 47.1 Å². The summed E-state index contributed by atoms with van der Waals surface area (Å²) in [4.78, 5) is 27.7. The first kappa shape index (κ1) is 21.9. The average Bonchev–Trinajstić information content (AvgIpc) is 2.81. The third-order valence-corrected chi connectivity index (χ3v) is 6.96. The lowest BCUT2D eigenvalue weighted by Gasteiger charge is -2.41. The molecule has 0 spiro atoms. The minimum absolute atomic E-state index is 0.151. The van der Waals surface area contributed by atoms with E-state index in [1.807, 2.05) is 0 Å². The molecule has 0 saturated carbocycles. The molecule has 2 aliphatic rings. The van der Waals surface area contributed by atoms with E-state index in [4.69, 9.17) is 44.3 Å². The van der Waals surface area contributed by atoms with Crippen molar-refractivity contribution in [1.82, 2.24) is 0 Å². The number of carbonyl (C=O) groups excluding carboxylic acids is 1. The van der Waals surface area contributed by atoms with E-state index in [2.05, 4.69) is 0 Å². The van der Waals surface area contributed by atoms with E-state index in [-0.39, 0.29) is 21.0 Å². The number of nitrogens with zero attached hydrogens (tertiary/aromatic N) is 1. The molecule has 0 fully saturated rings. The van der Waals surface area contributed by atoms with Crippen LogP contribution in [-0.4, -0.2) is 30.2 Å². The van der Waals surface area contributed by atoms with Crippen LogP contribution in [-0.2, 0) is 4.79 Å². The summed E-state index contributed by atoms with van der Waals surface area (Å²) in [5.74, 6) is -1.47. The quantitative estimate of drug-likeness (QED) is 0.444. The summed E-state index contributed by atoms with van der Waals surface area (Å²) in [5.41, 5.74) is 1.62. The van der Waals surface area contributed by atoms with Gasteiger partial charge in [0.15, 0.2) is 11.5 Å². The van der Waals surface area contributed by atoms with Crippen molar-refractivity contribution in [3.05, 3.63) is 86.4 Å². The van der Waals surface area contributed by atoms with Crippen molar-refractivity contribution in [3.8, 4) is 11.5 Å². The molecule has 0 aromatic heterocycles. The van der Waals surface area contributed by atoms with Gasteiger partial charge in [0.2, 0.25) is 0 Å². The molecule has 0 saturated heterocycles. The highest BCUT2D eigenvalue weighted by molar-refractivity contribution is 6.48. The van der Waals surface area contributed by atoms with E-state index in [1.54, 1.807) is 42.5 Å². The fourth-order valence-corrected chi connectivity index (χ4v) is 4.94. The van der Waals surface area contributed by atoms with Crippen molar-refractivity contribution >= 4 is 52.4 Å². The number of benzene rings is 3. The van der Waals surface area contributed by atoms with Gasteiger partial charge >= 0.3 is 5.97 Å². The predicted molar refractivity (Wildman–Crippen MR) is 125 cm³/mol. The normalized spacial score (nSPS) is 19.2. The fourth-order valence-electron chi connectivity index (χ4n) is 4.35. The van der Waals surface area contributed by atoms with Crippen LogP contribution in [0.4, 0.5) is 5.69 Å². The van der Waals surface area contributed by atoms with Crippen molar-refractivity contribution in [2.45, 2.75) is 12.0 Å². The average molecular weight is 505 g/mol. The molecule has 1 N–H and O–H groups in total. The van der Waals surface area contributed by atoms with Crippen molar-refractivity contribution in [2.24, 2.45) is 0 Å². The Morgan fingerprint density at radius 2 is 1.61 bits per heavy atom. The van der Waals surface area contributed by atoms with E-state index in [0.717, 1.165) is 0 Å². The summed E-state index contributed by atoms with van der Waals surface area (Å²) in [6, 6.07) is 14.0. The Hall–Kier alpha value is -2.93. The van der Waals surface area contributed by atoms with Gasteiger partial charge in [0.25, 0.3) is 5.91 Å². The summed E-state index contributed by atoms with van der Waals surface area (Å²) >= 11 is 18.7. The van der Waals surface area contributed by atoms with Crippen LogP contribution in [0.1, 0.15) is 33.4 Å². The van der Waals surface area contributed by atoms with Gasteiger partial charge in [0, 0.05) is 11.3 Å². The Morgan fingerprint density at radius 3 is 2.30 bits per heavy atom. The van der Waals surface area contributed by atoms with E-state index in [9.17, 15) is 14.7 Å². The van der Waals surface area contributed by atoms with Crippen LogP contribution in [0.15, 0.2) is 54.6 Å². The topological polar surface area (TPSA) is 76.1 Å². The van der Waals surface area contributed by atoms with Crippen molar-refractivity contribution < 1.29 is 24.2 Å². The molecule has 0 radical (unpaired) electrons. The van der Waals surface area contributed by atoms with Crippen LogP contribution in [0.5, 0.6) is 11.5 Å². The molecule has 2 heterocycles. The van der Waals surface area contributed by atoms with E-state index < -0.39 is 17.9 Å². The number of hydrogen-bond acceptors (Lipinski definition) is 4. The molecule has 0 unspecified atom stereocenters. The highest BCUT2D eigenvalue weighted by Gasteiger charge is 2.45. The zero-order chi connectivity index (χ0) is 23.3. The molecule has 0 bridgehead atoms. The van der Waals surface area contributed by atoms with Gasteiger partial charge in [-0.25, -0.2) is 0 Å². The first-order valence-electron chi connectivity index (χ1n) is 10.1. The number of rotatable bonds is 3. The predicted octanol–water partition coefficient (Wildman–Crippen LogP) is 5.99. The van der Waals surface area contributed by atoms with Crippen LogP contribution < -0.4 is 14.4 Å². The minimum Gasteiger partial charge on any atom is -0.486 e. The highest BCUT2D eigenvalue weighted by atomic mass is 35.5. The molecular weight excluding hydrogens is 489 g/mol. The number of carbonyl (C=O) groups is 2. The lowest BCUT2D eigenvalue weighted by atomic mass is 9.79. The summed E-state index contributed by atoms with van der Waals surface area (Å²) in [6.45, 7) is 0.796. The number of carboxylic acids is 1. The zero-order valence-corrected chi connectivity index (χ0v) is 19.2. The number of aliphatic carboxylic acids is 1. The second-order valence-corrected chi connectivity index (χ2v) is 8.84. The fraction of sp³-hybridized carbons (Fsp3) is 0.167. The number of fused-ring (bicyclic) bond motifs is 2. The Labute approximate surface area is 204 Å². The van der Waals surface area contributed by atoms with Gasteiger partial charge < -0.3 is 14.6 Å². The Kier molecular flexibility index (Phi) is 5.60. The largest absolute Gasteiger partial charge is 0.486 e. The molecular formula is C24H16Cl3NO5. The van der Waals surface area contributed by atoms with Gasteiger partial charge in [-0.15, -0.1) is 0 Å². The molecule has 5 rings (SSSR count). The number of halogens is 3. The number of hydrogen-bond donors (Lipinski definition) is 1. The molecule has 2 aliphatic heterocycles. The second-order valence-electron chi connectivity index (χ2n) is 7.65. The van der Waals surface area contributed by atoms with Crippen LogP contribution in [0.3, 0.4) is 0 Å². The number of amides is 1.